The quantitative estimate of drug-likeness (QED) is 0.813. The fourth-order valence-corrected chi connectivity index (χ4v) is 2.10. The number of anilines is 2. The van der Waals surface area contributed by atoms with Gasteiger partial charge in [0.25, 0.3) is 0 Å². The average Bonchev–Trinajstić information content (AvgIpc) is 2.28. The zero-order valence-corrected chi connectivity index (χ0v) is 12.0. The molecule has 0 amide bonds. The molecular weight excluding hydrogens is 355 g/mol. The van der Waals surface area contributed by atoms with Crippen LogP contribution in [0.5, 0.6) is 0 Å². The standard InChI is InChI=1S/C11H7Br2ClN2/c12-7-3-2-6-15-11(7)16-9-5-1-4-8(14)10(9)13/h1-6H,(H,15,16). The topological polar surface area (TPSA) is 24.9 Å². The zero-order valence-electron chi connectivity index (χ0n) is 8.05. The molecule has 0 aliphatic carbocycles. The Balaban J connectivity index is 2.35. The molecule has 0 aliphatic heterocycles. The Kier molecular flexibility index (Phi) is 3.84. The average molecular weight is 362 g/mol. The van der Waals surface area contributed by atoms with Gasteiger partial charge < -0.3 is 5.32 Å². The van der Waals surface area contributed by atoms with Crippen LogP contribution in [0.25, 0.3) is 0 Å². The Hall–Kier alpha value is -0.580. The molecule has 0 fully saturated rings. The van der Waals surface area contributed by atoms with Crippen molar-refractivity contribution in [2.45, 2.75) is 0 Å². The fraction of sp³-hybridized carbons (Fsp3) is 0. The highest BCUT2D eigenvalue weighted by Crippen LogP contribution is 2.33. The number of rotatable bonds is 2. The number of nitrogens with one attached hydrogen (secondary N) is 1. The van der Waals surface area contributed by atoms with E-state index in [1.165, 1.54) is 0 Å². The molecule has 0 saturated carbocycles. The van der Waals surface area contributed by atoms with Crippen LogP contribution < -0.4 is 5.32 Å². The molecule has 0 spiro atoms. The van der Waals surface area contributed by atoms with Gasteiger partial charge in [0, 0.05) is 6.20 Å². The van der Waals surface area contributed by atoms with Crippen molar-refractivity contribution in [1.29, 1.82) is 0 Å². The lowest BCUT2D eigenvalue weighted by molar-refractivity contribution is 1.29. The summed E-state index contributed by atoms with van der Waals surface area (Å²) in [6, 6.07) is 9.42. The highest BCUT2D eigenvalue weighted by Gasteiger charge is 2.06. The van der Waals surface area contributed by atoms with E-state index in [2.05, 4.69) is 42.2 Å². The molecule has 5 heteroatoms. The molecular formula is C11H7Br2ClN2. The van der Waals surface area contributed by atoms with Crippen molar-refractivity contribution in [3.05, 3.63) is 50.5 Å². The molecule has 1 aromatic heterocycles. The number of benzene rings is 1. The minimum absolute atomic E-state index is 0.664. The first-order chi connectivity index (χ1) is 7.68. The molecule has 2 aromatic rings. The lowest BCUT2D eigenvalue weighted by Crippen LogP contribution is -1.95. The van der Waals surface area contributed by atoms with E-state index >= 15 is 0 Å². The van der Waals surface area contributed by atoms with E-state index in [1.54, 1.807) is 6.20 Å². The molecule has 0 aliphatic rings. The van der Waals surface area contributed by atoms with Gasteiger partial charge in [-0.25, -0.2) is 4.98 Å². The van der Waals surface area contributed by atoms with Crippen molar-refractivity contribution in [2.75, 3.05) is 5.32 Å². The first-order valence-corrected chi connectivity index (χ1v) is 6.46. The number of pyridine rings is 1. The highest BCUT2D eigenvalue weighted by atomic mass is 79.9. The molecule has 1 N–H and O–H groups in total. The number of nitrogens with zero attached hydrogens (tertiary/aromatic N) is 1. The number of hydrogen-bond acceptors (Lipinski definition) is 2. The van der Waals surface area contributed by atoms with Gasteiger partial charge in [0.2, 0.25) is 0 Å². The Morgan fingerprint density at radius 1 is 1.12 bits per heavy atom. The third-order valence-electron chi connectivity index (χ3n) is 1.96. The molecule has 1 aromatic carbocycles. The summed E-state index contributed by atoms with van der Waals surface area (Å²) >= 11 is 12.8. The maximum atomic E-state index is 6.00. The second-order valence-electron chi connectivity index (χ2n) is 3.06. The molecule has 16 heavy (non-hydrogen) atoms. The van der Waals surface area contributed by atoms with Crippen molar-refractivity contribution < 1.29 is 0 Å². The van der Waals surface area contributed by atoms with E-state index in [9.17, 15) is 0 Å². The van der Waals surface area contributed by atoms with Gasteiger partial charge in [-0.05, 0) is 56.1 Å². The Morgan fingerprint density at radius 2 is 1.94 bits per heavy atom. The summed E-state index contributed by atoms with van der Waals surface area (Å²) in [5, 5.41) is 3.86. The predicted octanol–water partition coefficient (Wildman–Crippen LogP) is 5.00. The zero-order chi connectivity index (χ0) is 11.5. The maximum Gasteiger partial charge on any atom is 0.144 e. The molecule has 0 saturated heterocycles. The van der Waals surface area contributed by atoms with Gasteiger partial charge in [-0.2, -0.15) is 0 Å². The first kappa shape index (κ1) is 11.9. The molecule has 2 rings (SSSR count). The van der Waals surface area contributed by atoms with E-state index < -0.39 is 0 Å². The molecule has 1 heterocycles. The van der Waals surface area contributed by atoms with Crippen LogP contribution in [0, 0.1) is 0 Å². The lowest BCUT2D eigenvalue weighted by Gasteiger charge is -2.09. The van der Waals surface area contributed by atoms with Gasteiger partial charge >= 0.3 is 0 Å². The molecule has 82 valence electrons. The number of aromatic nitrogens is 1. The van der Waals surface area contributed by atoms with Crippen LogP contribution in [0.3, 0.4) is 0 Å². The third-order valence-corrected chi connectivity index (χ3v) is 4.00. The van der Waals surface area contributed by atoms with E-state index in [0.29, 0.717) is 5.02 Å². The molecule has 2 nitrogen and oxygen atoms in total. The van der Waals surface area contributed by atoms with E-state index in [1.807, 2.05) is 30.3 Å². The van der Waals surface area contributed by atoms with Crippen LogP contribution in [-0.2, 0) is 0 Å². The molecule has 0 atom stereocenters. The summed E-state index contributed by atoms with van der Waals surface area (Å²) in [6.07, 6.45) is 1.73. The molecule has 0 radical (unpaired) electrons. The van der Waals surface area contributed by atoms with Crippen molar-refractivity contribution >= 4 is 55.0 Å². The van der Waals surface area contributed by atoms with Gasteiger partial charge in [0.1, 0.15) is 5.82 Å². The minimum atomic E-state index is 0.664. The monoisotopic (exact) mass is 360 g/mol. The third kappa shape index (κ3) is 2.56. The second kappa shape index (κ2) is 5.17. The SMILES string of the molecule is Clc1cccc(Nc2ncccc2Br)c1Br. The van der Waals surface area contributed by atoms with Crippen LogP contribution >= 0.6 is 43.5 Å². The van der Waals surface area contributed by atoms with Crippen LogP contribution in [0.15, 0.2) is 45.5 Å². The van der Waals surface area contributed by atoms with Crippen LogP contribution in [-0.4, -0.2) is 4.98 Å². The first-order valence-electron chi connectivity index (χ1n) is 4.50. The van der Waals surface area contributed by atoms with Crippen molar-refractivity contribution in [3.63, 3.8) is 0 Å². The molecule has 0 unspecified atom stereocenters. The largest absolute Gasteiger partial charge is 0.338 e. The number of hydrogen-bond donors (Lipinski definition) is 1. The van der Waals surface area contributed by atoms with Gasteiger partial charge in [0.15, 0.2) is 0 Å². The Labute approximate surface area is 115 Å². The van der Waals surface area contributed by atoms with Gasteiger partial charge in [-0.1, -0.05) is 17.7 Å². The van der Waals surface area contributed by atoms with Gasteiger partial charge in [-0.3, -0.25) is 0 Å². The van der Waals surface area contributed by atoms with Crippen LogP contribution in [0.4, 0.5) is 11.5 Å². The predicted molar refractivity (Wildman–Crippen MR) is 74.4 cm³/mol. The lowest BCUT2D eigenvalue weighted by atomic mass is 10.3. The van der Waals surface area contributed by atoms with Gasteiger partial charge in [-0.15, -0.1) is 0 Å². The van der Waals surface area contributed by atoms with Crippen LogP contribution in [0.1, 0.15) is 0 Å². The Bertz CT molecular complexity index is 517. The minimum Gasteiger partial charge on any atom is -0.338 e. The summed E-state index contributed by atoms with van der Waals surface area (Å²) in [7, 11) is 0. The summed E-state index contributed by atoms with van der Waals surface area (Å²) in [5.41, 5.74) is 0.881. The highest BCUT2D eigenvalue weighted by molar-refractivity contribution is 9.11. The van der Waals surface area contributed by atoms with E-state index in [4.69, 9.17) is 11.6 Å². The number of halogens is 3. The maximum absolute atomic E-state index is 6.00. The van der Waals surface area contributed by atoms with Crippen molar-refractivity contribution in [1.82, 2.24) is 4.98 Å². The van der Waals surface area contributed by atoms with E-state index in [-0.39, 0.29) is 0 Å². The normalized spacial score (nSPS) is 10.2. The summed E-state index contributed by atoms with van der Waals surface area (Å²) in [6.45, 7) is 0. The molecule has 0 bridgehead atoms. The summed E-state index contributed by atoms with van der Waals surface area (Å²) in [4.78, 5) is 4.22. The van der Waals surface area contributed by atoms with E-state index in [0.717, 1.165) is 20.5 Å². The second-order valence-corrected chi connectivity index (χ2v) is 5.11. The Morgan fingerprint density at radius 3 is 2.69 bits per heavy atom. The summed E-state index contributed by atoms with van der Waals surface area (Å²) < 4.78 is 1.73. The van der Waals surface area contributed by atoms with Crippen molar-refractivity contribution in [2.24, 2.45) is 0 Å². The van der Waals surface area contributed by atoms with Crippen molar-refractivity contribution in [3.8, 4) is 0 Å². The van der Waals surface area contributed by atoms with Crippen LogP contribution in [0.2, 0.25) is 5.02 Å². The van der Waals surface area contributed by atoms with Gasteiger partial charge in [0.05, 0.1) is 19.7 Å². The summed E-state index contributed by atoms with van der Waals surface area (Å²) in [5.74, 6) is 0.755. The smallest absolute Gasteiger partial charge is 0.144 e. The fourth-order valence-electron chi connectivity index (χ4n) is 1.21.